The van der Waals surface area contributed by atoms with Crippen LogP contribution < -0.4 is 10.9 Å². The molecule has 0 atom stereocenters. The third-order valence-corrected chi connectivity index (χ3v) is 1.46. The highest BCUT2D eigenvalue weighted by atomic mass is 16.2. The van der Waals surface area contributed by atoms with E-state index in [9.17, 15) is 9.59 Å². The Kier molecular flexibility index (Phi) is 2.55. The first-order valence-corrected chi connectivity index (χ1v) is 4.10. The fourth-order valence-electron chi connectivity index (χ4n) is 0.976. The predicted molar refractivity (Wildman–Crippen MR) is 48.9 cm³/mol. The minimum atomic E-state index is -0.423. The molecule has 0 radical (unpaired) electrons. The Morgan fingerprint density at radius 1 is 1.62 bits per heavy atom. The zero-order valence-electron chi connectivity index (χ0n) is 7.92. The topological polar surface area (TPSA) is 66.9 Å². The van der Waals surface area contributed by atoms with Crippen molar-refractivity contribution in [3.63, 3.8) is 0 Å². The van der Waals surface area contributed by atoms with Crippen LogP contribution in [0.15, 0.2) is 10.9 Å². The van der Waals surface area contributed by atoms with Gasteiger partial charge in [0, 0.05) is 17.8 Å². The van der Waals surface area contributed by atoms with E-state index in [0.29, 0.717) is 5.69 Å². The van der Waals surface area contributed by atoms with E-state index in [1.807, 2.05) is 13.8 Å². The quantitative estimate of drug-likeness (QED) is 0.663. The highest BCUT2D eigenvalue weighted by molar-refractivity contribution is 5.75. The highest BCUT2D eigenvalue weighted by Crippen LogP contribution is 1.86. The summed E-state index contributed by atoms with van der Waals surface area (Å²) in [4.78, 5) is 22.4. The number of rotatable bonds is 1. The zero-order valence-corrected chi connectivity index (χ0v) is 7.92. The van der Waals surface area contributed by atoms with Gasteiger partial charge in [-0.15, -0.1) is 0 Å². The van der Waals surface area contributed by atoms with E-state index in [0.717, 1.165) is 4.68 Å². The molecule has 0 aromatic carbocycles. The lowest BCUT2D eigenvalue weighted by Crippen LogP contribution is -2.38. The molecule has 13 heavy (non-hydrogen) atoms. The molecule has 5 heteroatoms. The van der Waals surface area contributed by atoms with Crippen molar-refractivity contribution in [1.29, 1.82) is 0 Å². The van der Waals surface area contributed by atoms with Gasteiger partial charge in [-0.2, -0.15) is 4.68 Å². The lowest BCUT2D eigenvalue weighted by atomic mass is 10.4. The second-order valence-corrected chi connectivity index (χ2v) is 3.22. The molecule has 0 aliphatic rings. The van der Waals surface area contributed by atoms with Crippen molar-refractivity contribution in [2.75, 3.05) is 0 Å². The Morgan fingerprint density at radius 2 is 2.23 bits per heavy atom. The van der Waals surface area contributed by atoms with Gasteiger partial charge in [0.1, 0.15) is 0 Å². The Balaban J connectivity index is 2.89. The van der Waals surface area contributed by atoms with Crippen LogP contribution in [-0.4, -0.2) is 21.9 Å². The van der Waals surface area contributed by atoms with Gasteiger partial charge in [0.2, 0.25) is 0 Å². The molecule has 0 bridgehead atoms. The van der Waals surface area contributed by atoms with Gasteiger partial charge >= 0.3 is 6.03 Å². The SMILES string of the molecule is Cc1cc(=O)n(C(=O)NC(C)C)[nH]1. The Bertz CT molecular complexity index is 362. The third-order valence-electron chi connectivity index (χ3n) is 1.46. The second-order valence-electron chi connectivity index (χ2n) is 3.22. The van der Waals surface area contributed by atoms with Gasteiger partial charge in [-0.3, -0.25) is 9.89 Å². The van der Waals surface area contributed by atoms with Gasteiger partial charge in [-0.1, -0.05) is 0 Å². The number of nitrogens with zero attached hydrogens (tertiary/aromatic N) is 1. The Hall–Kier alpha value is -1.52. The summed E-state index contributed by atoms with van der Waals surface area (Å²) in [7, 11) is 0. The van der Waals surface area contributed by atoms with Crippen LogP contribution in [0, 0.1) is 6.92 Å². The van der Waals surface area contributed by atoms with Crippen LogP contribution >= 0.6 is 0 Å². The van der Waals surface area contributed by atoms with Crippen LogP contribution in [0.3, 0.4) is 0 Å². The number of H-pyrrole nitrogens is 1. The summed E-state index contributed by atoms with van der Waals surface area (Å²) in [5, 5.41) is 5.25. The van der Waals surface area contributed by atoms with Crippen molar-refractivity contribution in [2.45, 2.75) is 26.8 Å². The predicted octanol–water partition coefficient (Wildman–Crippen LogP) is 0.451. The molecule has 1 aromatic heterocycles. The molecule has 1 amide bonds. The van der Waals surface area contributed by atoms with E-state index in [1.54, 1.807) is 6.92 Å². The molecule has 0 unspecified atom stereocenters. The average molecular weight is 183 g/mol. The molecular weight excluding hydrogens is 170 g/mol. The highest BCUT2D eigenvalue weighted by Gasteiger charge is 2.09. The summed E-state index contributed by atoms with van der Waals surface area (Å²) in [5.41, 5.74) is 0.333. The molecule has 1 aromatic rings. The number of hydrogen-bond donors (Lipinski definition) is 2. The van der Waals surface area contributed by atoms with E-state index in [1.165, 1.54) is 6.07 Å². The molecule has 1 rings (SSSR count). The van der Waals surface area contributed by atoms with Gasteiger partial charge in [0.15, 0.2) is 0 Å². The van der Waals surface area contributed by atoms with Crippen LogP contribution in [0.5, 0.6) is 0 Å². The fraction of sp³-hybridized carbons (Fsp3) is 0.500. The summed E-state index contributed by atoms with van der Waals surface area (Å²) in [5.74, 6) is 0. The summed E-state index contributed by atoms with van der Waals surface area (Å²) >= 11 is 0. The molecule has 0 spiro atoms. The lowest BCUT2D eigenvalue weighted by Gasteiger charge is -2.07. The van der Waals surface area contributed by atoms with Crippen LogP contribution in [0.25, 0.3) is 0 Å². The van der Waals surface area contributed by atoms with Crippen molar-refractivity contribution in [1.82, 2.24) is 15.1 Å². The summed E-state index contributed by atoms with van der Waals surface area (Å²) < 4.78 is 0.954. The third kappa shape index (κ3) is 2.21. The number of amides is 1. The molecule has 5 nitrogen and oxygen atoms in total. The number of carbonyl (C=O) groups excluding carboxylic acids is 1. The largest absolute Gasteiger partial charge is 0.343 e. The fourth-order valence-corrected chi connectivity index (χ4v) is 0.976. The van der Waals surface area contributed by atoms with Gasteiger partial charge in [-0.25, -0.2) is 4.79 Å². The minimum Gasteiger partial charge on any atom is -0.334 e. The van der Waals surface area contributed by atoms with Crippen molar-refractivity contribution in [2.24, 2.45) is 0 Å². The molecular formula is C8H13N3O2. The normalized spacial score (nSPS) is 10.5. The van der Waals surface area contributed by atoms with Gasteiger partial charge in [0.05, 0.1) is 0 Å². The van der Waals surface area contributed by atoms with E-state index in [2.05, 4.69) is 10.4 Å². The maximum absolute atomic E-state index is 11.3. The number of nitrogens with one attached hydrogen (secondary N) is 2. The number of aryl methyl sites for hydroxylation is 1. The molecule has 72 valence electrons. The summed E-state index contributed by atoms with van der Waals surface area (Å²) in [6, 6.07) is 0.969. The number of carbonyl (C=O) groups is 1. The van der Waals surface area contributed by atoms with Gasteiger partial charge < -0.3 is 5.32 Å². The van der Waals surface area contributed by atoms with Crippen molar-refractivity contribution in [3.8, 4) is 0 Å². The van der Waals surface area contributed by atoms with Gasteiger partial charge in [0.25, 0.3) is 5.56 Å². The molecule has 0 saturated heterocycles. The summed E-state index contributed by atoms with van der Waals surface area (Å²) in [6.45, 7) is 5.39. The van der Waals surface area contributed by atoms with Crippen molar-refractivity contribution in [3.05, 3.63) is 22.1 Å². The number of aromatic amines is 1. The first kappa shape index (κ1) is 9.57. The molecule has 0 saturated carbocycles. The Morgan fingerprint density at radius 3 is 2.62 bits per heavy atom. The standard InChI is InChI=1S/C8H13N3O2/c1-5(2)9-8(13)11-7(12)4-6(3)10-11/h4-5,10H,1-3H3,(H,9,13). The first-order valence-electron chi connectivity index (χ1n) is 4.10. The molecule has 0 aliphatic heterocycles. The van der Waals surface area contributed by atoms with Crippen LogP contribution in [-0.2, 0) is 0 Å². The number of aromatic nitrogens is 2. The maximum atomic E-state index is 11.3. The first-order chi connectivity index (χ1) is 6.00. The average Bonchev–Trinajstić information content (AvgIpc) is 2.28. The Labute approximate surface area is 75.7 Å². The summed E-state index contributed by atoms with van der Waals surface area (Å²) in [6.07, 6.45) is 0. The number of hydrogen-bond acceptors (Lipinski definition) is 2. The molecule has 1 heterocycles. The van der Waals surface area contributed by atoms with Gasteiger partial charge in [-0.05, 0) is 20.8 Å². The molecule has 2 N–H and O–H groups in total. The van der Waals surface area contributed by atoms with Crippen molar-refractivity contribution >= 4 is 6.03 Å². The van der Waals surface area contributed by atoms with E-state index in [4.69, 9.17) is 0 Å². The molecule has 0 fully saturated rings. The van der Waals surface area contributed by atoms with Crippen molar-refractivity contribution < 1.29 is 4.79 Å². The smallest absolute Gasteiger partial charge is 0.334 e. The van der Waals surface area contributed by atoms with Crippen LogP contribution in [0.4, 0.5) is 4.79 Å². The van der Waals surface area contributed by atoms with Crippen LogP contribution in [0.2, 0.25) is 0 Å². The monoisotopic (exact) mass is 183 g/mol. The lowest BCUT2D eigenvalue weighted by molar-refractivity contribution is 0.236. The van der Waals surface area contributed by atoms with E-state index < -0.39 is 6.03 Å². The zero-order chi connectivity index (χ0) is 10.0. The van der Waals surface area contributed by atoms with E-state index in [-0.39, 0.29) is 11.6 Å². The second kappa shape index (κ2) is 3.47. The van der Waals surface area contributed by atoms with E-state index >= 15 is 0 Å². The minimum absolute atomic E-state index is 0.0167. The maximum Gasteiger partial charge on any atom is 0.343 e. The van der Waals surface area contributed by atoms with Crippen LogP contribution in [0.1, 0.15) is 19.5 Å². The molecule has 0 aliphatic carbocycles.